The van der Waals surface area contributed by atoms with Gasteiger partial charge in [0.25, 0.3) is 0 Å². The monoisotopic (exact) mass is 236 g/mol. The van der Waals surface area contributed by atoms with Crippen LogP contribution in [-0.2, 0) is 4.79 Å². The SMILES string of the molecule is CC=CC=CC=CCCCCC(CC)C(=O)O. The minimum atomic E-state index is -0.655. The zero-order chi connectivity index (χ0) is 12.9. The average Bonchev–Trinajstić information content (AvgIpc) is 2.31. The fourth-order valence-electron chi connectivity index (χ4n) is 1.57. The second-order valence-corrected chi connectivity index (χ2v) is 4.07. The first-order valence-electron chi connectivity index (χ1n) is 6.39. The maximum absolute atomic E-state index is 10.8. The first-order valence-corrected chi connectivity index (χ1v) is 6.39. The fraction of sp³-hybridized carbons (Fsp3) is 0.533. The topological polar surface area (TPSA) is 37.3 Å². The third kappa shape index (κ3) is 9.61. The number of aliphatic carboxylic acids is 1. The molecule has 0 aliphatic heterocycles. The predicted octanol–water partition coefficient (Wildman–Crippen LogP) is 4.35. The highest BCUT2D eigenvalue weighted by Crippen LogP contribution is 2.13. The molecular weight excluding hydrogens is 212 g/mol. The van der Waals surface area contributed by atoms with Crippen LogP contribution < -0.4 is 0 Å². The molecule has 0 saturated carbocycles. The number of carbonyl (C=O) groups is 1. The van der Waals surface area contributed by atoms with Crippen LogP contribution in [0.2, 0.25) is 0 Å². The molecule has 2 heteroatoms. The van der Waals surface area contributed by atoms with Gasteiger partial charge in [-0.25, -0.2) is 0 Å². The lowest BCUT2D eigenvalue weighted by atomic mass is 9.99. The molecule has 0 amide bonds. The third-order valence-corrected chi connectivity index (χ3v) is 2.68. The van der Waals surface area contributed by atoms with Gasteiger partial charge >= 0.3 is 5.97 Å². The number of hydrogen-bond donors (Lipinski definition) is 1. The highest BCUT2D eigenvalue weighted by atomic mass is 16.4. The van der Waals surface area contributed by atoms with Crippen molar-refractivity contribution in [3.05, 3.63) is 36.5 Å². The van der Waals surface area contributed by atoms with E-state index >= 15 is 0 Å². The van der Waals surface area contributed by atoms with E-state index in [1.54, 1.807) is 0 Å². The van der Waals surface area contributed by atoms with Crippen LogP contribution in [0, 0.1) is 5.92 Å². The fourth-order valence-corrected chi connectivity index (χ4v) is 1.57. The molecule has 96 valence electrons. The molecule has 0 aliphatic rings. The van der Waals surface area contributed by atoms with E-state index in [1.807, 2.05) is 44.2 Å². The van der Waals surface area contributed by atoms with E-state index in [9.17, 15) is 4.79 Å². The Labute approximate surface area is 105 Å². The van der Waals surface area contributed by atoms with E-state index in [0.29, 0.717) is 0 Å². The lowest BCUT2D eigenvalue weighted by Crippen LogP contribution is -2.12. The van der Waals surface area contributed by atoms with Gasteiger partial charge in [0.05, 0.1) is 5.92 Å². The van der Waals surface area contributed by atoms with Gasteiger partial charge in [-0.15, -0.1) is 0 Å². The summed E-state index contributed by atoms with van der Waals surface area (Å²) in [7, 11) is 0. The van der Waals surface area contributed by atoms with Crippen molar-refractivity contribution < 1.29 is 9.90 Å². The number of carboxylic acid groups (broad SMARTS) is 1. The van der Waals surface area contributed by atoms with Gasteiger partial charge in [0.1, 0.15) is 0 Å². The third-order valence-electron chi connectivity index (χ3n) is 2.68. The normalized spacial score (nSPS) is 14.0. The predicted molar refractivity (Wildman–Crippen MR) is 73.0 cm³/mol. The molecule has 17 heavy (non-hydrogen) atoms. The van der Waals surface area contributed by atoms with Gasteiger partial charge in [-0.1, -0.05) is 49.8 Å². The van der Waals surface area contributed by atoms with Gasteiger partial charge in [-0.2, -0.15) is 0 Å². The Morgan fingerprint density at radius 3 is 2.47 bits per heavy atom. The molecule has 1 atom stereocenters. The maximum Gasteiger partial charge on any atom is 0.306 e. The Morgan fingerprint density at radius 2 is 1.88 bits per heavy atom. The number of carboxylic acids is 1. The minimum Gasteiger partial charge on any atom is -0.481 e. The zero-order valence-corrected chi connectivity index (χ0v) is 10.9. The summed E-state index contributed by atoms with van der Waals surface area (Å²) in [5.74, 6) is -0.814. The summed E-state index contributed by atoms with van der Waals surface area (Å²) in [6.07, 6.45) is 16.8. The molecule has 0 rings (SSSR count). The Kier molecular flexibility index (Phi) is 10.3. The molecule has 0 aromatic rings. The van der Waals surface area contributed by atoms with Crippen molar-refractivity contribution in [1.82, 2.24) is 0 Å². The van der Waals surface area contributed by atoms with Crippen LogP contribution in [0.4, 0.5) is 0 Å². The lowest BCUT2D eigenvalue weighted by molar-refractivity contribution is -0.142. The van der Waals surface area contributed by atoms with Gasteiger partial charge in [0, 0.05) is 0 Å². The molecule has 0 aliphatic carbocycles. The van der Waals surface area contributed by atoms with E-state index in [4.69, 9.17) is 5.11 Å². The van der Waals surface area contributed by atoms with Crippen LogP contribution in [0.1, 0.15) is 46.0 Å². The lowest BCUT2D eigenvalue weighted by Gasteiger charge is -2.07. The van der Waals surface area contributed by atoms with Crippen molar-refractivity contribution in [2.24, 2.45) is 5.92 Å². The van der Waals surface area contributed by atoms with E-state index in [-0.39, 0.29) is 5.92 Å². The van der Waals surface area contributed by atoms with Crippen LogP contribution in [0.5, 0.6) is 0 Å². The zero-order valence-electron chi connectivity index (χ0n) is 10.9. The molecule has 1 N–H and O–H groups in total. The summed E-state index contributed by atoms with van der Waals surface area (Å²) in [6, 6.07) is 0. The summed E-state index contributed by atoms with van der Waals surface area (Å²) in [5, 5.41) is 8.87. The van der Waals surface area contributed by atoms with Crippen molar-refractivity contribution in [2.75, 3.05) is 0 Å². The summed E-state index contributed by atoms with van der Waals surface area (Å²) in [6.45, 7) is 3.92. The highest BCUT2D eigenvalue weighted by Gasteiger charge is 2.13. The summed E-state index contributed by atoms with van der Waals surface area (Å²) in [5.41, 5.74) is 0. The summed E-state index contributed by atoms with van der Waals surface area (Å²) < 4.78 is 0. The maximum atomic E-state index is 10.8. The number of rotatable bonds is 9. The van der Waals surface area contributed by atoms with Crippen LogP contribution >= 0.6 is 0 Å². The molecule has 0 radical (unpaired) electrons. The van der Waals surface area contributed by atoms with Crippen LogP contribution in [0.15, 0.2) is 36.5 Å². The van der Waals surface area contributed by atoms with Gasteiger partial charge in [0.15, 0.2) is 0 Å². The van der Waals surface area contributed by atoms with Crippen LogP contribution in [0.3, 0.4) is 0 Å². The van der Waals surface area contributed by atoms with Gasteiger partial charge in [-0.3, -0.25) is 4.79 Å². The Morgan fingerprint density at radius 1 is 1.18 bits per heavy atom. The van der Waals surface area contributed by atoms with Gasteiger partial charge in [-0.05, 0) is 32.6 Å². The summed E-state index contributed by atoms with van der Waals surface area (Å²) >= 11 is 0. The highest BCUT2D eigenvalue weighted by molar-refractivity contribution is 5.69. The van der Waals surface area contributed by atoms with Crippen LogP contribution in [-0.4, -0.2) is 11.1 Å². The number of allylic oxidation sites excluding steroid dienone is 6. The van der Waals surface area contributed by atoms with E-state index in [1.165, 1.54) is 0 Å². The smallest absolute Gasteiger partial charge is 0.306 e. The molecule has 0 heterocycles. The largest absolute Gasteiger partial charge is 0.481 e. The first-order chi connectivity index (χ1) is 8.22. The summed E-state index contributed by atoms with van der Waals surface area (Å²) in [4.78, 5) is 10.8. The second-order valence-electron chi connectivity index (χ2n) is 4.07. The Bertz CT molecular complexity index is 275. The molecule has 0 spiro atoms. The second kappa shape index (κ2) is 11.2. The molecule has 0 bridgehead atoms. The standard InChI is InChI=1S/C15H24O2/c1-3-5-6-7-8-9-10-11-12-13-14(4-2)15(16)17/h3,5-9,14H,4,10-13H2,1-2H3,(H,16,17). The number of unbranched alkanes of at least 4 members (excludes halogenated alkanes) is 2. The molecular formula is C15H24O2. The van der Waals surface area contributed by atoms with E-state index in [2.05, 4.69) is 6.08 Å². The van der Waals surface area contributed by atoms with Crippen LogP contribution in [0.25, 0.3) is 0 Å². The van der Waals surface area contributed by atoms with Crippen molar-refractivity contribution in [3.8, 4) is 0 Å². The molecule has 2 nitrogen and oxygen atoms in total. The molecule has 1 unspecified atom stereocenters. The van der Waals surface area contributed by atoms with Crippen molar-refractivity contribution >= 4 is 5.97 Å². The molecule has 0 saturated heterocycles. The minimum absolute atomic E-state index is 0.159. The molecule has 0 aromatic carbocycles. The van der Waals surface area contributed by atoms with E-state index in [0.717, 1.165) is 32.1 Å². The number of hydrogen-bond acceptors (Lipinski definition) is 1. The average molecular weight is 236 g/mol. The van der Waals surface area contributed by atoms with Crippen molar-refractivity contribution in [3.63, 3.8) is 0 Å². The Hall–Kier alpha value is -1.31. The van der Waals surface area contributed by atoms with Crippen molar-refractivity contribution in [2.45, 2.75) is 46.0 Å². The van der Waals surface area contributed by atoms with Gasteiger partial charge in [0.2, 0.25) is 0 Å². The molecule has 0 aromatic heterocycles. The van der Waals surface area contributed by atoms with Crippen molar-refractivity contribution in [1.29, 1.82) is 0 Å². The quantitative estimate of drug-likeness (QED) is 0.477. The Balaban J connectivity index is 3.54. The van der Waals surface area contributed by atoms with Gasteiger partial charge < -0.3 is 5.11 Å². The van der Waals surface area contributed by atoms with E-state index < -0.39 is 5.97 Å². The first kappa shape index (κ1) is 15.7. The molecule has 0 fully saturated rings.